The zero-order valence-corrected chi connectivity index (χ0v) is 16.8. The first-order chi connectivity index (χ1) is 13.9. The maximum atomic E-state index is 12.1. The minimum absolute atomic E-state index is 0.378. The highest BCUT2D eigenvalue weighted by Gasteiger charge is 2.30. The van der Waals surface area contributed by atoms with Crippen LogP contribution in [-0.4, -0.2) is 36.1 Å². The molecule has 2 heterocycles. The van der Waals surface area contributed by atoms with Gasteiger partial charge in [0.1, 0.15) is 0 Å². The summed E-state index contributed by atoms with van der Waals surface area (Å²) < 4.78 is 9.82. The van der Waals surface area contributed by atoms with Crippen LogP contribution < -0.4 is 0 Å². The average molecular weight is 390 g/mol. The van der Waals surface area contributed by atoms with Crippen LogP contribution in [-0.2, 0) is 14.9 Å². The van der Waals surface area contributed by atoms with Crippen LogP contribution in [0.5, 0.6) is 0 Å². The SMILES string of the molecule is COC(=O)c1cccc2c(C(C)(C)c3c[nH]c4c(C(=O)OC)cccc34)c[nH]c12. The summed E-state index contributed by atoms with van der Waals surface area (Å²) in [4.78, 5) is 30.7. The summed E-state index contributed by atoms with van der Waals surface area (Å²) in [7, 11) is 2.75. The van der Waals surface area contributed by atoms with Crippen LogP contribution in [0.3, 0.4) is 0 Å². The first-order valence-electron chi connectivity index (χ1n) is 9.28. The number of benzene rings is 2. The van der Waals surface area contributed by atoms with Gasteiger partial charge in [0, 0.05) is 28.6 Å². The summed E-state index contributed by atoms with van der Waals surface area (Å²) in [5.74, 6) is -0.756. The third-order valence-electron chi connectivity index (χ3n) is 5.59. The van der Waals surface area contributed by atoms with Crippen molar-refractivity contribution in [2.24, 2.45) is 0 Å². The number of aromatic amines is 2. The molecule has 2 aromatic carbocycles. The molecule has 0 aliphatic rings. The molecule has 2 aromatic heterocycles. The number of hydrogen-bond donors (Lipinski definition) is 2. The molecule has 0 fully saturated rings. The van der Waals surface area contributed by atoms with Gasteiger partial charge in [-0.15, -0.1) is 0 Å². The molecule has 6 nitrogen and oxygen atoms in total. The van der Waals surface area contributed by atoms with Gasteiger partial charge in [-0.05, 0) is 23.3 Å². The van der Waals surface area contributed by atoms with Crippen molar-refractivity contribution in [3.05, 3.63) is 71.0 Å². The molecule has 0 spiro atoms. The summed E-state index contributed by atoms with van der Waals surface area (Å²) in [6.07, 6.45) is 3.86. The van der Waals surface area contributed by atoms with Gasteiger partial charge in [0.15, 0.2) is 0 Å². The lowest BCUT2D eigenvalue weighted by atomic mass is 9.77. The van der Waals surface area contributed by atoms with Gasteiger partial charge in [-0.2, -0.15) is 0 Å². The number of nitrogens with one attached hydrogen (secondary N) is 2. The van der Waals surface area contributed by atoms with Crippen LogP contribution in [0.15, 0.2) is 48.8 Å². The fourth-order valence-electron chi connectivity index (χ4n) is 4.05. The van der Waals surface area contributed by atoms with E-state index < -0.39 is 5.41 Å². The molecule has 2 N–H and O–H groups in total. The molecule has 0 aliphatic carbocycles. The minimum atomic E-state index is -0.403. The molecule has 0 radical (unpaired) electrons. The van der Waals surface area contributed by atoms with Crippen molar-refractivity contribution in [1.29, 1.82) is 0 Å². The molecule has 4 aromatic rings. The van der Waals surface area contributed by atoms with E-state index in [0.29, 0.717) is 11.1 Å². The maximum Gasteiger partial charge on any atom is 0.339 e. The van der Waals surface area contributed by atoms with E-state index in [4.69, 9.17) is 9.47 Å². The Balaban J connectivity index is 1.91. The van der Waals surface area contributed by atoms with Gasteiger partial charge in [0.2, 0.25) is 0 Å². The molecule has 6 heteroatoms. The Kier molecular flexibility index (Phi) is 4.42. The van der Waals surface area contributed by atoms with Gasteiger partial charge in [-0.1, -0.05) is 38.1 Å². The van der Waals surface area contributed by atoms with Crippen molar-refractivity contribution in [3.8, 4) is 0 Å². The van der Waals surface area contributed by atoms with E-state index in [9.17, 15) is 9.59 Å². The number of carbonyl (C=O) groups is 2. The molecule has 0 aliphatic heterocycles. The molecule has 0 bridgehead atoms. The van der Waals surface area contributed by atoms with Gasteiger partial charge < -0.3 is 19.4 Å². The predicted octanol–water partition coefficient (Wildman–Crippen LogP) is 4.55. The predicted molar refractivity (Wildman–Crippen MR) is 111 cm³/mol. The summed E-state index contributed by atoms with van der Waals surface area (Å²) in [6.45, 7) is 4.24. The lowest BCUT2D eigenvalue weighted by Crippen LogP contribution is -2.18. The van der Waals surface area contributed by atoms with Crippen molar-refractivity contribution in [3.63, 3.8) is 0 Å². The Hall–Kier alpha value is -3.54. The third kappa shape index (κ3) is 2.79. The smallest absolute Gasteiger partial charge is 0.339 e. The van der Waals surface area contributed by atoms with E-state index in [2.05, 4.69) is 23.8 Å². The number of aromatic nitrogens is 2. The number of carbonyl (C=O) groups excluding carboxylic acids is 2. The second-order valence-corrected chi connectivity index (χ2v) is 7.47. The number of H-pyrrole nitrogens is 2. The first kappa shape index (κ1) is 18.8. The van der Waals surface area contributed by atoms with Crippen molar-refractivity contribution in [2.45, 2.75) is 19.3 Å². The highest BCUT2D eigenvalue weighted by molar-refractivity contribution is 6.06. The van der Waals surface area contributed by atoms with Crippen LogP contribution in [0.25, 0.3) is 21.8 Å². The molecule has 0 saturated carbocycles. The average Bonchev–Trinajstić information content (AvgIpc) is 3.37. The zero-order chi connectivity index (χ0) is 20.8. The fraction of sp³-hybridized carbons (Fsp3) is 0.217. The van der Waals surface area contributed by atoms with E-state index in [0.717, 1.165) is 32.9 Å². The normalized spacial score (nSPS) is 11.7. The van der Waals surface area contributed by atoms with Crippen molar-refractivity contribution in [1.82, 2.24) is 9.97 Å². The number of hydrogen-bond acceptors (Lipinski definition) is 4. The lowest BCUT2D eigenvalue weighted by molar-refractivity contribution is 0.0594. The second kappa shape index (κ2) is 6.81. The number of fused-ring (bicyclic) bond motifs is 2. The van der Waals surface area contributed by atoms with Crippen LogP contribution in [0.2, 0.25) is 0 Å². The molecule has 29 heavy (non-hydrogen) atoms. The fourth-order valence-corrected chi connectivity index (χ4v) is 4.05. The lowest BCUT2D eigenvalue weighted by Gasteiger charge is -2.24. The van der Waals surface area contributed by atoms with Crippen LogP contribution in [0.1, 0.15) is 45.7 Å². The van der Waals surface area contributed by atoms with Crippen LogP contribution >= 0.6 is 0 Å². The Morgan fingerprint density at radius 2 is 1.17 bits per heavy atom. The molecular formula is C23H22N2O4. The Morgan fingerprint density at radius 1 is 0.759 bits per heavy atom. The largest absolute Gasteiger partial charge is 0.465 e. The Labute approximate surface area is 167 Å². The number of rotatable bonds is 4. The maximum absolute atomic E-state index is 12.1. The summed E-state index contributed by atoms with van der Waals surface area (Å²) in [6, 6.07) is 11.2. The summed E-state index contributed by atoms with van der Waals surface area (Å²) in [5.41, 5.74) is 4.18. The molecule has 148 valence electrons. The van der Waals surface area contributed by atoms with Gasteiger partial charge in [-0.25, -0.2) is 9.59 Å². The summed E-state index contributed by atoms with van der Waals surface area (Å²) >= 11 is 0. The number of esters is 2. The monoisotopic (exact) mass is 390 g/mol. The van der Waals surface area contributed by atoms with Gasteiger partial charge in [0.25, 0.3) is 0 Å². The Morgan fingerprint density at radius 3 is 1.55 bits per heavy atom. The number of ether oxygens (including phenoxy) is 2. The van der Waals surface area contributed by atoms with E-state index >= 15 is 0 Å². The zero-order valence-electron chi connectivity index (χ0n) is 16.8. The highest BCUT2D eigenvalue weighted by atomic mass is 16.5. The molecule has 0 amide bonds. The topological polar surface area (TPSA) is 84.2 Å². The van der Waals surface area contributed by atoms with Gasteiger partial charge >= 0.3 is 11.9 Å². The standard InChI is InChI=1S/C23H22N2O4/c1-23(2,17-11-24-19-13(17)7-5-9-15(19)21(26)28-3)18-12-25-20-14(18)8-6-10-16(20)22(27)29-4/h5-12,24-25H,1-4H3. The van der Waals surface area contributed by atoms with Crippen LogP contribution in [0, 0.1) is 0 Å². The van der Waals surface area contributed by atoms with Crippen LogP contribution in [0.4, 0.5) is 0 Å². The minimum Gasteiger partial charge on any atom is -0.465 e. The first-order valence-corrected chi connectivity index (χ1v) is 9.28. The van der Waals surface area contributed by atoms with Crippen molar-refractivity contribution < 1.29 is 19.1 Å². The van der Waals surface area contributed by atoms with Gasteiger partial charge in [0.05, 0.1) is 36.4 Å². The molecule has 0 unspecified atom stereocenters. The van der Waals surface area contributed by atoms with E-state index in [1.807, 2.05) is 36.7 Å². The second-order valence-electron chi connectivity index (χ2n) is 7.47. The van der Waals surface area contributed by atoms with Crippen molar-refractivity contribution >= 4 is 33.7 Å². The Bertz CT molecular complexity index is 1150. The third-order valence-corrected chi connectivity index (χ3v) is 5.59. The molecule has 4 rings (SSSR count). The number of para-hydroxylation sites is 2. The van der Waals surface area contributed by atoms with E-state index in [1.165, 1.54) is 14.2 Å². The summed E-state index contributed by atoms with van der Waals surface area (Å²) in [5, 5.41) is 1.91. The quantitative estimate of drug-likeness (QED) is 0.501. The van der Waals surface area contributed by atoms with E-state index in [1.54, 1.807) is 12.1 Å². The highest BCUT2D eigenvalue weighted by Crippen LogP contribution is 2.40. The van der Waals surface area contributed by atoms with E-state index in [-0.39, 0.29) is 11.9 Å². The van der Waals surface area contributed by atoms with Gasteiger partial charge in [-0.3, -0.25) is 0 Å². The molecule has 0 saturated heterocycles. The molecular weight excluding hydrogens is 368 g/mol. The molecule has 0 atom stereocenters. The van der Waals surface area contributed by atoms with Crippen molar-refractivity contribution in [2.75, 3.05) is 14.2 Å². The number of methoxy groups -OCH3 is 2.